The van der Waals surface area contributed by atoms with Crippen molar-refractivity contribution < 1.29 is 4.74 Å². The van der Waals surface area contributed by atoms with E-state index in [1.165, 1.54) is 12.0 Å². The van der Waals surface area contributed by atoms with Crippen LogP contribution in [0.4, 0.5) is 0 Å². The number of methoxy groups -OCH3 is 1. The maximum absolute atomic E-state index is 5.23. The summed E-state index contributed by atoms with van der Waals surface area (Å²) in [5.74, 6) is 1.69. The Hall–Kier alpha value is -1.75. The number of ether oxygens (including phenoxy) is 1. The SMILES string of the molecule is CCC(C)N(C)CCNC(=NC)NCc1cccc(OC)c1. The molecule has 0 saturated carbocycles. The van der Waals surface area contributed by atoms with E-state index in [1.807, 2.05) is 18.2 Å². The number of hydrogen-bond acceptors (Lipinski definition) is 3. The summed E-state index contributed by atoms with van der Waals surface area (Å²) in [5.41, 5.74) is 1.17. The van der Waals surface area contributed by atoms with Gasteiger partial charge in [-0.05, 0) is 38.1 Å². The lowest BCUT2D eigenvalue weighted by Gasteiger charge is -2.24. The Bertz CT molecular complexity index is 462. The summed E-state index contributed by atoms with van der Waals surface area (Å²) in [5, 5.41) is 6.66. The number of nitrogens with one attached hydrogen (secondary N) is 2. The number of rotatable bonds is 8. The lowest BCUT2D eigenvalue weighted by atomic mass is 10.2. The number of aliphatic imine (C=N–C) groups is 1. The van der Waals surface area contributed by atoms with E-state index in [0.717, 1.165) is 31.3 Å². The van der Waals surface area contributed by atoms with E-state index in [1.54, 1.807) is 14.2 Å². The maximum atomic E-state index is 5.23. The van der Waals surface area contributed by atoms with Gasteiger partial charge in [0.25, 0.3) is 0 Å². The van der Waals surface area contributed by atoms with E-state index in [0.29, 0.717) is 6.04 Å². The third kappa shape index (κ3) is 6.35. The van der Waals surface area contributed by atoms with E-state index in [2.05, 4.69) is 47.5 Å². The van der Waals surface area contributed by atoms with Gasteiger partial charge in [0.15, 0.2) is 5.96 Å². The normalized spacial score (nSPS) is 13.1. The van der Waals surface area contributed by atoms with Crippen molar-refractivity contribution in [3.05, 3.63) is 29.8 Å². The number of guanidine groups is 1. The van der Waals surface area contributed by atoms with Gasteiger partial charge >= 0.3 is 0 Å². The molecule has 1 atom stereocenters. The van der Waals surface area contributed by atoms with E-state index < -0.39 is 0 Å². The zero-order chi connectivity index (χ0) is 16.4. The predicted octanol–water partition coefficient (Wildman–Crippen LogP) is 2.09. The van der Waals surface area contributed by atoms with E-state index >= 15 is 0 Å². The molecule has 0 radical (unpaired) electrons. The van der Waals surface area contributed by atoms with Crippen LogP contribution >= 0.6 is 0 Å². The van der Waals surface area contributed by atoms with Gasteiger partial charge in [-0.1, -0.05) is 19.1 Å². The van der Waals surface area contributed by atoms with Crippen molar-refractivity contribution in [2.24, 2.45) is 4.99 Å². The van der Waals surface area contributed by atoms with Crippen molar-refractivity contribution in [1.29, 1.82) is 0 Å². The number of nitrogens with zero attached hydrogens (tertiary/aromatic N) is 2. The summed E-state index contributed by atoms with van der Waals surface area (Å²) in [4.78, 5) is 6.60. The molecule has 1 aromatic rings. The van der Waals surface area contributed by atoms with Crippen LogP contribution in [0.2, 0.25) is 0 Å². The summed E-state index contributed by atoms with van der Waals surface area (Å²) < 4.78 is 5.23. The van der Waals surface area contributed by atoms with E-state index in [-0.39, 0.29) is 0 Å². The second-order valence-electron chi connectivity index (χ2n) is 5.44. The first-order chi connectivity index (χ1) is 10.6. The van der Waals surface area contributed by atoms with Crippen molar-refractivity contribution >= 4 is 5.96 Å². The molecule has 0 amide bonds. The average molecular weight is 306 g/mol. The van der Waals surface area contributed by atoms with E-state index in [4.69, 9.17) is 4.74 Å². The van der Waals surface area contributed by atoms with Crippen LogP contribution in [-0.4, -0.2) is 51.2 Å². The fourth-order valence-electron chi connectivity index (χ4n) is 2.07. The molecular weight excluding hydrogens is 276 g/mol. The zero-order valence-corrected chi connectivity index (χ0v) is 14.5. The fourth-order valence-corrected chi connectivity index (χ4v) is 2.07. The Labute approximate surface area is 134 Å². The lowest BCUT2D eigenvalue weighted by Crippen LogP contribution is -2.42. The van der Waals surface area contributed by atoms with Crippen LogP contribution in [0.15, 0.2) is 29.3 Å². The van der Waals surface area contributed by atoms with Crippen LogP contribution in [0.1, 0.15) is 25.8 Å². The van der Waals surface area contributed by atoms with Gasteiger partial charge in [-0.2, -0.15) is 0 Å². The molecule has 5 heteroatoms. The molecule has 0 aromatic heterocycles. The highest BCUT2D eigenvalue weighted by Crippen LogP contribution is 2.11. The van der Waals surface area contributed by atoms with Gasteiger partial charge in [0.1, 0.15) is 5.75 Å². The van der Waals surface area contributed by atoms with Crippen LogP contribution in [0.5, 0.6) is 5.75 Å². The van der Waals surface area contributed by atoms with Crippen LogP contribution in [-0.2, 0) is 6.54 Å². The maximum Gasteiger partial charge on any atom is 0.191 e. The first kappa shape index (κ1) is 18.3. The first-order valence-corrected chi connectivity index (χ1v) is 7.88. The predicted molar refractivity (Wildman–Crippen MR) is 93.6 cm³/mol. The second-order valence-corrected chi connectivity index (χ2v) is 5.44. The molecule has 0 spiro atoms. The monoisotopic (exact) mass is 306 g/mol. The molecule has 1 aromatic carbocycles. The number of hydrogen-bond donors (Lipinski definition) is 2. The minimum Gasteiger partial charge on any atom is -0.497 e. The summed E-state index contributed by atoms with van der Waals surface area (Å²) in [6.07, 6.45) is 1.17. The summed E-state index contributed by atoms with van der Waals surface area (Å²) in [7, 11) is 5.63. The third-order valence-corrected chi connectivity index (χ3v) is 3.92. The van der Waals surface area contributed by atoms with Gasteiger partial charge in [-0.25, -0.2) is 0 Å². The van der Waals surface area contributed by atoms with Crippen LogP contribution in [0.3, 0.4) is 0 Å². The quantitative estimate of drug-likeness (QED) is 0.570. The third-order valence-electron chi connectivity index (χ3n) is 3.92. The highest BCUT2D eigenvalue weighted by atomic mass is 16.5. The average Bonchev–Trinajstić information content (AvgIpc) is 2.56. The number of likely N-dealkylation sites (N-methyl/N-ethyl adjacent to an activating group) is 1. The molecule has 0 aliphatic carbocycles. The first-order valence-electron chi connectivity index (χ1n) is 7.88. The largest absolute Gasteiger partial charge is 0.497 e. The molecule has 1 unspecified atom stereocenters. The molecule has 124 valence electrons. The standard InChI is InChI=1S/C17H30N4O/c1-6-14(2)21(4)11-10-19-17(18-3)20-13-15-8-7-9-16(12-15)22-5/h7-9,12,14H,6,10-11,13H2,1-5H3,(H2,18,19,20). The van der Waals surface area contributed by atoms with Crippen molar-refractivity contribution in [1.82, 2.24) is 15.5 Å². The Morgan fingerprint density at radius 2 is 2.14 bits per heavy atom. The number of benzene rings is 1. The molecule has 0 aliphatic rings. The summed E-state index contributed by atoms with van der Waals surface area (Å²) in [6.45, 7) is 7.05. The van der Waals surface area contributed by atoms with Gasteiger partial charge in [-0.15, -0.1) is 0 Å². The fraction of sp³-hybridized carbons (Fsp3) is 0.588. The molecule has 0 aliphatic heterocycles. The minimum atomic E-state index is 0.605. The van der Waals surface area contributed by atoms with Gasteiger partial charge in [-0.3, -0.25) is 4.99 Å². The highest BCUT2D eigenvalue weighted by Gasteiger charge is 2.06. The molecular formula is C17H30N4O. The molecule has 0 saturated heterocycles. The summed E-state index contributed by atoms with van der Waals surface area (Å²) in [6, 6.07) is 8.64. The van der Waals surface area contributed by atoms with Gasteiger partial charge < -0.3 is 20.3 Å². The van der Waals surface area contributed by atoms with Gasteiger partial charge in [0.05, 0.1) is 7.11 Å². The molecule has 0 fully saturated rings. The second kappa shape index (κ2) is 10.1. The van der Waals surface area contributed by atoms with Crippen LogP contribution in [0.25, 0.3) is 0 Å². The Morgan fingerprint density at radius 3 is 2.77 bits per heavy atom. The Morgan fingerprint density at radius 1 is 1.36 bits per heavy atom. The van der Waals surface area contributed by atoms with Crippen molar-refractivity contribution in [2.75, 3.05) is 34.3 Å². The van der Waals surface area contributed by atoms with Crippen LogP contribution in [0, 0.1) is 0 Å². The van der Waals surface area contributed by atoms with Crippen molar-refractivity contribution in [2.45, 2.75) is 32.9 Å². The van der Waals surface area contributed by atoms with Crippen molar-refractivity contribution in [3.63, 3.8) is 0 Å². The molecule has 5 nitrogen and oxygen atoms in total. The van der Waals surface area contributed by atoms with E-state index in [9.17, 15) is 0 Å². The highest BCUT2D eigenvalue weighted by molar-refractivity contribution is 5.79. The molecule has 22 heavy (non-hydrogen) atoms. The smallest absolute Gasteiger partial charge is 0.191 e. The van der Waals surface area contributed by atoms with Gasteiger partial charge in [0.2, 0.25) is 0 Å². The van der Waals surface area contributed by atoms with Crippen LogP contribution < -0.4 is 15.4 Å². The minimum absolute atomic E-state index is 0.605. The molecule has 2 N–H and O–H groups in total. The molecule has 0 heterocycles. The Kier molecular flexibility index (Phi) is 8.36. The van der Waals surface area contributed by atoms with Gasteiger partial charge in [0, 0.05) is 32.7 Å². The Balaban J connectivity index is 2.36. The zero-order valence-electron chi connectivity index (χ0n) is 14.5. The summed E-state index contributed by atoms with van der Waals surface area (Å²) >= 11 is 0. The lowest BCUT2D eigenvalue weighted by molar-refractivity contribution is 0.255. The van der Waals surface area contributed by atoms with Crippen molar-refractivity contribution in [3.8, 4) is 5.75 Å². The molecule has 0 bridgehead atoms. The molecule has 1 rings (SSSR count). The topological polar surface area (TPSA) is 48.9 Å².